The zero-order valence-electron chi connectivity index (χ0n) is 12.4. The van der Waals surface area contributed by atoms with Gasteiger partial charge in [-0.25, -0.2) is 4.99 Å². The topological polar surface area (TPSA) is 59.6 Å². The highest BCUT2D eigenvalue weighted by molar-refractivity contribution is 14.0. The van der Waals surface area contributed by atoms with Crippen molar-refractivity contribution in [1.29, 1.82) is 0 Å². The molecule has 0 aliphatic heterocycles. The molecule has 0 bridgehead atoms. The lowest BCUT2D eigenvalue weighted by molar-refractivity contribution is 0.134. The Kier molecular flexibility index (Phi) is 11.5. The van der Waals surface area contributed by atoms with Crippen LogP contribution in [0.1, 0.15) is 37.8 Å². The maximum Gasteiger partial charge on any atom is 0.188 e. The SMILES string of the molecule is CCCCNC(N)=NCc1ccc(COCC)cc1.I. The molecule has 0 radical (unpaired) electrons. The van der Waals surface area contributed by atoms with Crippen molar-refractivity contribution in [3.05, 3.63) is 35.4 Å². The maximum absolute atomic E-state index is 5.78. The van der Waals surface area contributed by atoms with Crippen LogP contribution in [0.25, 0.3) is 0 Å². The van der Waals surface area contributed by atoms with Gasteiger partial charge in [-0.05, 0) is 24.5 Å². The number of nitrogens with two attached hydrogens (primary N) is 1. The Morgan fingerprint density at radius 2 is 1.85 bits per heavy atom. The van der Waals surface area contributed by atoms with Crippen LogP contribution in [0.3, 0.4) is 0 Å². The Hall–Kier alpha value is -0.820. The van der Waals surface area contributed by atoms with Crippen LogP contribution in [0.15, 0.2) is 29.3 Å². The minimum atomic E-state index is 0. The lowest BCUT2D eigenvalue weighted by Gasteiger charge is -2.05. The largest absolute Gasteiger partial charge is 0.377 e. The normalized spacial score (nSPS) is 11.0. The van der Waals surface area contributed by atoms with Gasteiger partial charge in [0.25, 0.3) is 0 Å². The first-order valence-electron chi connectivity index (χ1n) is 6.95. The molecule has 1 rings (SSSR count). The Morgan fingerprint density at radius 1 is 1.20 bits per heavy atom. The fraction of sp³-hybridized carbons (Fsp3) is 0.533. The molecule has 0 saturated carbocycles. The van der Waals surface area contributed by atoms with Crippen molar-refractivity contribution >= 4 is 29.9 Å². The molecule has 20 heavy (non-hydrogen) atoms. The average molecular weight is 391 g/mol. The van der Waals surface area contributed by atoms with Gasteiger partial charge in [-0.2, -0.15) is 0 Å². The van der Waals surface area contributed by atoms with E-state index in [1.54, 1.807) is 0 Å². The number of nitrogens with one attached hydrogen (secondary N) is 1. The summed E-state index contributed by atoms with van der Waals surface area (Å²) in [5.41, 5.74) is 8.11. The Balaban J connectivity index is 0.00000361. The third-order valence-corrected chi connectivity index (χ3v) is 2.76. The molecule has 3 N–H and O–H groups in total. The van der Waals surface area contributed by atoms with E-state index < -0.39 is 0 Å². The molecule has 0 spiro atoms. The van der Waals surface area contributed by atoms with Crippen LogP contribution in [-0.4, -0.2) is 19.1 Å². The number of benzene rings is 1. The van der Waals surface area contributed by atoms with Gasteiger partial charge in [-0.3, -0.25) is 0 Å². The van der Waals surface area contributed by atoms with E-state index in [9.17, 15) is 0 Å². The van der Waals surface area contributed by atoms with Crippen LogP contribution in [0.4, 0.5) is 0 Å². The lowest BCUT2D eigenvalue weighted by Crippen LogP contribution is -2.32. The third kappa shape index (κ3) is 8.37. The van der Waals surface area contributed by atoms with Gasteiger partial charge in [-0.1, -0.05) is 37.6 Å². The first kappa shape index (κ1) is 19.2. The van der Waals surface area contributed by atoms with E-state index in [4.69, 9.17) is 10.5 Å². The number of rotatable bonds is 8. The van der Waals surface area contributed by atoms with E-state index in [-0.39, 0.29) is 24.0 Å². The molecule has 4 nitrogen and oxygen atoms in total. The molecule has 114 valence electrons. The summed E-state index contributed by atoms with van der Waals surface area (Å²) in [6.45, 7) is 7.06. The first-order chi connectivity index (χ1) is 9.26. The van der Waals surface area contributed by atoms with Gasteiger partial charge in [0.2, 0.25) is 0 Å². The van der Waals surface area contributed by atoms with Crippen LogP contribution in [0, 0.1) is 0 Å². The highest BCUT2D eigenvalue weighted by Gasteiger charge is 1.95. The third-order valence-electron chi connectivity index (χ3n) is 2.76. The number of aliphatic imine (C=N–C) groups is 1. The van der Waals surface area contributed by atoms with Crippen LogP contribution in [0.2, 0.25) is 0 Å². The predicted octanol–water partition coefficient (Wildman–Crippen LogP) is 3.05. The number of nitrogens with zero attached hydrogens (tertiary/aromatic N) is 1. The van der Waals surface area contributed by atoms with E-state index in [2.05, 4.69) is 41.5 Å². The summed E-state index contributed by atoms with van der Waals surface area (Å²) in [7, 11) is 0. The van der Waals surface area contributed by atoms with Gasteiger partial charge in [0, 0.05) is 13.2 Å². The molecule has 0 unspecified atom stereocenters. The summed E-state index contributed by atoms with van der Waals surface area (Å²) in [4.78, 5) is 4.31. The van der Waals surface area contributed by atoms with Crippen LogP contribution in [-0.2, 0) is 17.9 Å². The number of halogens is 1. The maximum atomic E-state index is 5.78. The van der Waals surface area contributed by atoms with Gasteiger partial charge < -0.3 is 15.8 Å². The van der Waals surface area contributed by atoms with Gasteiger partial charge in [0.1, 0.15) is 0 Å². The van der Waals surface area contributed by atoms with E-state index in [0.717, 1.165) is 31.6 Å². The first-order valence-corrected chi connectivity index (χ1v) is 6.95. The van der Waals surface area contributed by atoms with Gasteiger partial charge in [-0.15, -0.1) is 24.0 Å². The molecular formula is C15H26IN3O. The molecule has 0 aliphatic carbocycles. The van der Waals surface area contributed by atoms with Crippen molar-refractivity contribution in [3.63, 3.8) is 0 Å². The zero-order valence-corrected chi connectivity index (χ0v) is 14.7. The Morgan fingerprint density at radius 3 is 2.45 bits per heavy atom. The summed E-state index contributed by atoms with van der Waals surface area (Å²) >= 11 is 0. The van der Waals surface area contributed by atoms with Crippen molar-refractivity contribution < 1.29 is 4.74 Å². The predicted molar refractivity (Wildman–Crippen MR) is 95.4 cm³/mol. The molecule has 0 aliphatic rings. The highest BCUT2D eigenvalue weighted by Crippen LogP contribution is 2.06. The fourth-order valence-electron chi connectivity index (χ4n) is 1.59. The standard InChI is InChI=1S/C15H25N3O.HI/c1-3-5-10-17-15(16)18-11-13-6-8-14(9-7-13)12-19-4-2;/h6-9H,3-5,10-12H2,1-2H3,(H3,16,17,18);1H. The second kappa shape index (κ2) is 12.0. The highest BCUT2D eigenvalue weighted by atomic mass is 127. The molecule has 0 amide bonds. The monoisotopic (exact) mass is 391 g/mol. The number of hydrogen-bond donors (Lipinski definition) is 2. The molecule has 5 heteroatoms. The van der Waals surface area contributed by atoms with Crippen molar-refractivity contribution in [1.82, 2.24) is 5.32 Å². The number of hydrogen-bond acceptors (Lipinski definition) is 2. The molecule has 1 aromatic carbocycles. The number of ether oxygens (including phenoxy) is 1. The minimum Gasteiger partial charge on any atom is -0.377 e. The number of unbranched alkanes of at least 4 members (excludes halogenated alkanes) is 1. The van der Waals surface area contributed by atoms with Crippen LogP contribution in [0.5, 0.6) is 0 Å². The smallest absolute Gasteiger partial charge is 0.188 e. The van der Waals surface area contributed by atoms with Gasteiger partial charge >= 0.3 is 0 Å². The summed E-state index contributed by atoms with van der Waals surface area (Å²) in [6.07, 6.45) is 2.27. The second-order valence-electron chi connectivity index (χ2n) is 4.44. The zero-order chi connectivity index (χ0) is 13.9. The van der Waals surface area contributed by atoms with Crippen molar-refractivity contribution in [2.45, 2.75) is 39.8 Å². The fourth-order valence-corrected chi connectivity index (χ4v) is 1.59. The lowest BCUT2D eigenvalue weighted by atomic mass is 10.1. The minimum absolute atomic E-state index is 0. The summed E-state index contributed by atoms with van der Waals surface area (Å²) < 4.78 is 5.35. The second-order valence-corrected chi connectivity index (χ2v) is 4.44. The summed E-state index contributed by atoms with van der Waals surface area (Å²) in [5, 5.41) is 3.10. The van der Waals surface area contributed by atoms with Crippen molar-refractivity contribution in [3.8, 4) is 0 Å². The summed E-state index contributed by atoms with van der Waals surface area (Å²) in [6, 6.07) is 8.27. The average Bonchev–Trinajstić information content (AvgIpc) is 2.44. The van der Waals surface area contributed by atoms with E-state index in [0.29, 0.717) is 19.1 Å². The number of guanidine groups is 1. The van der Waals surface area contributed by atoms with Crippen molar-refractivity contribution in [2.24, 2.45) is 10.7 Å². The molecule has 0 heterocycles. The van der Waals surface area contributed by atoms with E-state index in [1.165, 1.54) is 5.56 Å². The Labute approximate surface area is 139 Å². The van der Waals surface area contributed by atoms with E-state index >= 15 is 0 Å². The van der Waals surface area contributed by atoms with Gasteiger partial charge in [0.05, 0.1) is 13.2 Å². The molecule has 0 fully saturated rings. The van der Waals surface area contributed by atoms with Crippen molar-refractivity contribution in [2.75, 3.05) is 13.2 Å². The molecule has 0 atom stereocenters. The molecular weight excluding hydrogens is 365 g/mol. The molecule has 0 saturated heterocycles. The van der Waals surface area contributed by atoms with Crippen LogP contribution >= 0.6 is 24.0 Å². The molecule has 1 aromatic rings. The van der Waals surface area contributed by atoms with Crippen LogP contribution < -0.4 is 11.1 Å². The molecule has 0 aromatic heterocycles. The Bertz CT molecular complexity index is 379. The van der Waals surface area contributed by atoms with Gasteiger partial charge in [0.15, 0.2) is 5.96 Å². The van der Waals surface area contributed by atoms with E-state index in [1.807, 2.05) is 6.92 Å². The quantitative estimate of drug-likeness (QED) is 0.310. The summed E-state index contributed by atoms with van der Waals surface area (Å²) in [5.74, 6) is 0.520.